The van der Waals surface area contributed by atoms with Crippen LogP contribution in [-0.4, -0.2) is 51.0 Å². The van der Waals surface area contributed by atoms with Gasteiger partial charge < -0.3 is 20.3 Å². The number of pyridine rings is 1. The predicted molar refractivity (Wildman–Crippen MR) is 91.1 cm³/mol. The Hall–Kier alpha value is -3.08. The van der Waals surface area contributed by atoms with Gasteiger partial charge in [0.2, 0.25) is 5.91 Å². The maximum absolute atomic E-state index is 12.0. The first-order chi connectivity index (χ1) is 12.0. The Morgan fingerprint density at radius 1 is 1.56 bits per heavy atom. The highest BCUT2D eigenvalue weighted by atomic mass is 16.4. The van der Waals surface area contributed by atoms with Crippen LogP contribution in [-0.2, 0) is 4.79 Å². The number of piperidine rings is 1. The Balaban J connectivity index is 1.90. The van der Waals surface area contributed by atoms with Crippen LogP contribution in [0, 0.1) is 17.2 Å². The van der Waals surface area contributed by atoms with Crippen LogP contribution < -0.4 is 5.32 Å². The zero-order valence-corrected chi connectivity index (χ0v) is 13.8. The van der Waals surface area contributed by atoms with Crippen LogP contribution in [0.5, 0.6) is 0 Å². The van der Waals surface area contributed by atoms with Crippen LogP contribution in [0.2, 0.25) is 0 Å². The molecule has 2 aromatic rings. The number of aromatic amines is 1. The minimum Gasteiger partial charge on any atom is -0.478 e. The number of carbonyl (C=O) groups is 2. The Morgan fingerprint density at radius 2 is 2.36 bits per heavy atom. The summed E-state index contributed by atoms with van der Waals surface area (Å²) in [6.07, 6.45) is 3.69. The van der Waals surface area contributed by atoms with Crippen molar-refractivity contribution in [1.29, 1.82) is 5.26 Å². The average Bonchev–Trinajstić information content (AvgIpc) is 3.06. The molecule has 3 N–H and O–H groups in total. The summed E-state index contributed by atoms with van der Waals surface area (Å²) < 4.78 is 0. The summed E-state index contributed by atoms with van der Waals surface area (Å²) in [5.41, 5.74) is 1.21. The number of nitrogens with one attached hydrogen (secondary N) is 2. The molecule has 8 heteroatoms. The molecule has 0 unspecified atom stereocenters. The molecule has 3 heterocycles. The van der Waals surface area contributed by atoms with E-state index in [1.165, 1.54) is 6.20 Å². The highest BCUT2D eigenvalue weighted by molar-refractivity contribution is 6.03. The van der Waals surface area contributed by atoms with Crippen LogP contribution in [0.15, 0.2) is 18.5 Å². The molecular weight excluding hydrogens is 322 g/mol. The quantitative estimate of drug-likeness (QED) is 0.780. The number of hydrogen-bond donors (Lipinski definition) is 3. The Labute approximate surface area is 144 Å². The van der Waals surface area contributed by atoms with Crippen molar-refractivity contribution in [3.05, 3.63) is 24.0 Å². The smallest absolute Gasteiger partial charge is 0.339 e. The van der Waals surface area contributed by atoms with E-state index in [2.05, 4.69) is 22.2 Å². The second kappa shape index (κ2) is 6.81. The van der Waals surface area contributed by atoms with E-state index in [9.17, 15) is 14.7 Å². The molecule has 2 aromatic heterocycles. The summed E-state index contributed by atoms with van der Waals surface area (Å²) in [5, 5.41) is 22.2. The summed E-state index contributed by atoms with van der Waals surface area (Å²) in [6, 6.07) is 3.56. The number of aromatic carboxylic acids is 1. The number of aromatic nitrogens is 2. The number of anilines is 1. The average molecular weight is 341 g/mol. The van der Waals surface area contributed by atoms with Crippen molar-refractivity contribution >= 4 is 28.6 Å². The van der Waals surface area contributed by atoms with Gasteiger partial charge in [-0.1, -0.05) is 6.92 Å². The van der Waals surface area contributed by atoms with Crippen molar-refractivity contribution in [3.63, 3.8) is 0 Å². The number of carboxylic acids is 1. The maximum Gasteiger partial charge on any atom is 0.339 e. The van der Waals surface area contributed by atoms with Gasteiger partial charge in [-0.3, -0.25) is 4.79 Å². The number of nitriles is 1. The van der Waals surface area contributed by atoms with E-state index < -0.39 is 5.97 Å². The number of likely N-dealkylation sites (tertiary alicyclic amines) is 1. The van der Waals surface area contributed by atoms with E-state index in [1.807, 2.05) is 6.07 Å². The number of nitrogens with zero attached hydrogens (tertiary/aromatic N) is 3. The zero-order chi connectivity index (χ0) is 18.0. The summed E-state index contributed by atoms with van der Waals surface area (Å²) in [7, 11) is 0. The molecule has 1 fully saturated rings. The minimum atomic E-state index is -1.06. The van der Waals surface area contributed by atoms with Crippen LogP contribution in [0.3, 0.4) is 0 Å². The standard InChI is InChI=1S/C17H19N5O3/c1-10-4-7-22(14(23)2-5-18)9-13(10)21-15-11-3-6-19-16(11)20-8-12(15)17(24)25/h3,6,8,10,13H,2,4,7,9H2,1H3,(H,24,25)(H2,19,20,21)/t10-,13+/m1/s1. The molecule has 3 rings (SSSR count). The lowest BCUT2D eigenvalue weighted by Crippen LogP contribution is -2.49. The molecule has 1 amide bonds. The van der Waals surface area contributed by atoms with Crippen LogP contribution >= 0.6 is 0 Å². The van der Waals surface area contributed by atoms with Crippen LogP contribution in [0.1, 0.15) is 30.1 Å². The summed E-state index contributed by atoms with van der Waals surface area (Å²) in [4.78, 5) is 32.4. The fourth-order valence-electron chi connectivity index (χ4n) is 3.17. The molecule has 0 aromatic carbocycles. The largest absolute Gasteiger partial charge is 0.478 e. The highest BCUT2D eigenvalue weighted by Crippen LogP contribution is 2.29. The fourth-order valence-corrected chi connectivity index (χ4v) is 3.17. The van der Waals surface area contributed by atoms with Gasteiger partial charge in [0.1, 0.15) is 17.6 Å². The molecule has 0 saturated carbocycles. The number of carbonyl (C=O) groups excluding carboxylic acids is 1. The molecule has 1 aliphatic rings. The summed E-state index contributed by atoms with van der Waals surface area (Å²) in [5.74, 6) is -0.991. The zero-order valence-electron chi connectivity index (χ0n) is 13.8. The van der Waals surface area contributed by atoms with Gasteiger partial charge in [-0.15, -0.1) is 0 Å². The van der Waals surface area contributed by atoms with Crippen molar-refractivity contribution in [2.45, 2.75) is 25.8 Å². The molecule has 1 saturated heterocycles. The van der Waals surface area contributed by atoms with Crippen LogP contribution in [0.25, 0.3) is 11.0 Å². The molecular formula is C17H19N5O3. The van der Waals surface area contributed by atoms with Gasteiger partial charge >= 0.3 is 5.97 Å². The molecule has 0 spiro atoms. The van der Waals surface area contributed by atoms with Gasteiger partial charge in [0.15, 0.2) is 0 Å². The lowest BCUT2D eigenvalue weighted by atomic mass is 9.92. The number of fused-ring (bicyclic) bond motifs is 1. The number of hydrogen-bond acceptors (Lipinski definition) is 5. The van der Waals surface area contributed by atoms with E-state index in [-0.39, 0.29) is 29.9 Å². The molecule has 0 radical (unpaired) electrons. The van der Waals surface area contributed by atoms with E-state index in [0.29, 0.717) is 29.8 Å². The first-order valence-corrected chi connectivity index (χ1v) is 8.12. The van der Waals surface area contributed by atoms with Crippen molar-refractivity contribution in [2.24, 2.45) is 5.92 Å². The molecule has 130 valence electrons. The van der Waals surface area contributed by atoms with Gasteiger partial charge in [-0.25, -0.2) is 9.78 Å². The number of carboxylic acid groups (broad SMARTS) is 1. The topological polar surface area (TPSA) is 122 Å². The summed E-state index contributed by atoms with van der Waals surface area (Å²) in [6.45, 7) is 3.12. The Bertz CT molecular complexity index is 854. The number of rotatable bonds is 4. The molecule has 0 bridgehead atoms. The van der Waals surface area contributed by atoms with Crippen molar-refractivity contribution in [3.8, 4) is 6.07 Å². The monoisotopic (exact) mass is 341 g/mol. The van der Waals surface area contributed by atoms with Gasteiger partial charge in [0.25, 0.3) is 0 Å². The molecule has 25 heavy (non-hydrogen) atoms. The third-order valence-corrected chi connectivity index (χ3v) is 4.69. The van der Waals surface area contributed by atoms with E-state index >= 15 is 0 Å². The third-order valence-electron chi connectivity index (χ3n) is 4.69. The normalized spacial score (nSPS) is 20.2. The van der Waals surface area contributed by atoms with Crippen molar-refractivity contribution in [2.75, 3.05) is 18.4 Å². The Kier molecular flexibility index (Phi) is 4.57. The van der Waals surface area contributed by atoms with Gasteiger partial charge in [-0.05, 0) is 18.4 Å². The molecule has 8 nitrogen and oxygen atoms in total. The lowest BCUT2D eigenvalue weighted by molar-refractivity contribution is -0.131. The number of H-pyrrole nitrogens is 1. The van der Waals surface area contributed by atoms with Gasteiger partial charge in [0, 0.05) is 36.9 Å². The second-order valence-electron chi connectivity index (χ2n) is 6.28. The SMILES string of the molecule is C[C@@H]1CCN(C(=O)CC#N)C[C@@H]1Nc1c(C(=O)O)cnc2[nH]ccc12. The Morgan fingerprint density at radius 3 is 3.08 bits per heavy atom. The van der Waals surface area contributed by atoms with E-state index in [1.54, 1.807) is 17.2 Å². The second-order valence-corrected chi connectivity index (χ2v) is 6.28. The number of amides is 1. The predicted octanol–water partition coefficient (Wildman–Crippen LogP) is 1.82. The first kappa shape index (κ1) is 16.8. The lowest BCUT2D eigenvalue weighted by Gasteiger charge is -2.38. The van der Waals surface area contributed by atoms with Crippen LogP contribution in [0.4, 0.5) is 5.69 Å². The van der Waals surface area contributed by atoms with Crippen molar-refractivity contribution < 1.29 is 14.7 Å². The van der Waals surface area contributed by atoms with E-state index in [0.717, 1.165) is 6.42 Å². The molecule has 0 aliphatic carbocycles. The molecule has 2 atom stereocenters. The summed E-state index contributed by atoms with van der Waals surface area (Å²) >= 11 is 0. The highest BCUT2D eigenvalue weighted by Gasteiger charge is 2.30. The minimum absolute atomic E-state index is 0.0970. The third kappa shape index (κ3) is 3.26. The first-order valence-electron chi connectivity index (χ1n) is 8.12. The van der Waals surface area contributed by atoms with Gasteiger partial charge in [0.05, 0.1) is 11.8 Å². The van der Waals surface area contributed by atoms with Crippen molar-refractivity contribution in [1.82, 2.24) is 14.9 Å². The maximum atomic E-state index is 12.0. The fraction of sp³-hybridized carbons (Fsp3) is 0.412. The van der Waals surface area contributed by atoms with E-state index in [4.69, 9.17) is 5.26 Å². The molecule has 1 aliphatic heterocycles. The van der Waals surface area contributed by atoms with Gasteiger partial charge in [-0.2, -0.15) is 5.26 Å².